The van der Waals surface area contributed by atoms with Crippen molar-refractivity contribution in [1.82, 2.24) is 14.9 Å². The Morgan fingerprint density at radius 3 is 2.43 bits per heavy atom. The molecule has 1 aromatic heterocycles. The number of ether oxygens (including phenoxy) is 2. The zero-order valence-electron chi connectivity index (χ0n) is 21.0. The molecule has 1 amide bonds. The van der Waals surface area contributed by atoms with Gasteiger partial charge in [-0.05, 0) is 48.6 Å². The lowest BCUT2D eigenvalue weighted by molar-refractivity contribution is -0.131. The number of carbonyl (C=O) groups excluding carboxylic acids is 1. The van der Waals surface area contributed by atoms with Crippen LogP contribution in [0, 0.1) is 17.6 Å². The van der Waals surface area contributed by atoms with E-state index in [1.165, 1.54) is 6.07 Å². The summed E-state index contributed by atoms with van der Waals surface area (Å²) in [6, 6.07) is 10.8. The van der Waals surface area contributed by atoms with E-state index in [4.69, 9.17) is 19.4 Å². The Hall–Kier alpha value is -3.75. The summed E-state index contributed by atoms with van der Waals surface area (Å²) in [5.74, 6) is 0.393. The van der Waals surface area contributed by atoms with E-state index in [1.54, 1.807) is 12.0 Å². The van der Waals surface area contributed by atoms with Gasteiger partial charge in [-0.25, -0.2) is 13.8 Å². The molecule has 0 bridgehead atoms. The highest BCUT2D eigenvalue weighted by Crippen LogP contribution is 2.33. The number of halogens is 2. The standard InChI is InChI=1S/C28H30F2N4O3/c1-18-9-12-33(13-10-18)28-31-25-11-14-34(26(35)15-19-3-5-20(36-2)6-4-19)17-22(25)27(32-28)37-21-7-8-23(29)24(30)16-21/h3-8,16,18H,9-15,17H2,1-2H3. The third-order valence-electron chi connectivity index (χ3n) is 7.05. The van der Waals surface area contributed by atoms with Crippen LogP contribution in [0.2, 0.25) is 0 Å². The van der Waals surface area contributed by atoms with Gasteiger partial charge in [0.1, 0.15) is 11.5 Å². The summed E-state index contributed by atoms with van der Waals surface area (Å²) < 4.78 is 38.6. The maximum atomic E-state index is 13.9. The third-order valence-corrected chi connectivity index (χ3v) is 7.05. The number of methoxy groups -OCH3 is 1. The van der Waals surface area contributed by atoms with Crippen molar-refractivity contribution < 1.29 is 23.0 Å². The molecule has 0 atom stereocenters. The Balaban J connectivity index is 1.41. The van der Waals surface area contributed by atoms with Crippen LogP contribution in [0.1, 0.15) is 36.6 Å². The number of carbonyl (C=O) groups is 1. The van der Waals surface area contributed by atoms with Gasteiger partial charge in [-0.1, -0.05) is 19.1 Å². The third kappa shape index (κ3) is 5.65. The predicted molar refractivity (Wildman–Crippen MR) is 135 cm³/mol. The summed E-state index contributed by atoms with van der Waals surface area (Å²) in [7, 11) is 1.60. The molecule has 0 saturated carbocycles. The number of amides is 1. The van der Waals surface area contributed by atoms with E-state index in [2.05, 4.69) is 11.8 Å². The lowest BCUT2D eigenvalue weighted by atomic mass is 9.99. The molecule has 3 aromatic rings. The number of anilines is 1. The molecule has 7 nitrogen and oxygen atoms in total. The van der Waals surface area contributed by atoms with E-state index in [0.29, 0.717) is 30.4 Å². The molecule has 2 aliphatic rings. The van der Waals surface area contributed by atoms with Crippen LogP contribution in [0.15, 0.2) is 42.5 Å². The molecule has 1 fully saturated rings. The fourth-order valence-corrected chi connectivity index (χ4v) is 4.70. The van der Waals surface area contributed by atoms with Gasteiger partial charge in [0.25, 0.3) is 0 Å². The van der Waals surface area contributed by atoms with Crippen LogP contribution in [0.4, 0.5) is 14.7 Å². The van der Waals surface area contributed by atoms with E-state index in [9.17, 15) is 13.6 Å². The van der Waals surface area contributed by atoms with Crippen LogP contribution in [0.3, 0.4) is 0 Å². The van der Waals surface area contributed by atoms with E-state index in [0.717, 1.165) is 55.1 Å². The molecule has 37 heavy (non-hydrogen) atoms. The summed E-state index contributed by atoms with van der Waals surface area (Å²) >= 11 is 0. The first-order valence-corrected chi connectivity index (χ1v) is 12.6. The zero-order valence-corrected chi connectivity index (χ0v) is 21.0. The van der Waals surface area contributed by atoms with E-state index < -0.39 is 11.6 Å². The number of benzene rings is 2. The average Bonchev–Trinajstić information content (AvgIpc) is 2.91. The molecular formula is C28H30F2N4O3. The van der Waals surface area contributed by atoms with Gasteiger partial charge < -0.3 is 19.3 Å². The summed E-state index contributed by atoms with van der Waals surface area (Å²) in [6.07, 6.45) is 2.90. The second-order valence-electron chi connectivity index (χ2n) is 9.69. The number of hydrogen-bond donors (Lipinski definition) is 0. The molecule has 194 valence electrons. The minimum Gasteiger partial charge on any atom is -0.497 e. The molecule has 2 aliphatic heterocycles. The molecule has 3 heterocycles. The molecule has 0 aliphatic carbocycles. The molecule has 0 radical (unpaired) electrons. The second kappa shape index (κ2) is 10.7. The fourth-order valence-electron chi connectivity index (χ4n) is 4.70. The summed E-state index contributed by atoms with van der Waals surface area (Å²) in [5, 5.41) is 0. The van der Waals surface area contributed by atoms with Crippen molar-refractivity contribution in [1.29, 1.82) is 0 Å². The molecule has 0 N–H and O–H groups in total. The highest BCUT2D eigenvalue weighted by atomic mass is 19.2. The smallest absolute Gasteiger partial charge is 0.229 e. The summed E-state index contributed by atoms with van der Waals surface area (Å²) in [4.78, 5) is 26.6. The van der Waals surface area contributed by atoms with E-state index in [-0.39, 0.29) is 30.5 Å². The second-order valence-corrected chi connectivity index (χ2v) is 9.69. The Morgan fingerprint density at radius 1 is 1.00 bits per heavy atom. The van der Waals surface area contributed by atoms with Crippen LogP contribution in [-0.2, 0) is 24.2 Å². The van der Waals surface area contributed by atoms with Gasteiger partial charge in [0, 0.05) is 32.1 Å². The van der Waals surface area contributed by atoms with Crippen molar-refractivity contribution in [2.24, 2.45) is 5.92 Å². The Morgan fingerprint density at radius 2 is 1.73 bits per heavy atom. The van der Waals surface area contributed by atoms with Crippen molar-refractivity contribution in [2.45, 2.75) is 39.2 Å². The van der Waals surface area contributed by atoms with Gasteiger partial charge in [-0.2, -0.15) is 4.98 Å². The van der Waals surface area contributed by atoms with Gasteiger partial charge in [0.2, 0.25) is 17.7 Å². The maximum Gasteiger partial charge on any atom is 0.229 e. The molecule has 0 spiro atoms. The van der Waals surface area contributed by atoms with Gasteiger partial charge in [0.15, 0.2) is 11.6 Å². The van der Waals surface area contributed by atoms with Crippen LogP contribution in [0.25, 0.3) is 0 Å². The SMILES string of the molecule is COc1ccc(CC(=O)N2CCc3nc(N4CCC(C)CC4)nc(Oc4ccc(F)c(F)c4)c3C2)cc1. The first-order chi connectivity index (χ1) is 17.9. The zero-order chi connectivity index (χ0) is 25.9. The number of piperidine rings is 1. The topological polar surface area (TPSA) is 67.8 Å². The molecule has 9 heteroatoms. The number of nitrogens with zero attached hydrogens (tertiary/aromatic N) is 4. The first-order valence-electron chi connectivity index (χ1n) is 12.6. The Kier molecular flexibility index (Phi) is 7.21. The van der Waals surface area contributed by atoms with Crippen LogP contribution in [-0.4, -0.2) is 47.5 Å². The molecule has 5 rings (SSSR count). The van der Waals surface area contributed by atoms with Gasteiger partial charge in [-0.3, -0.25) is 4.79 Å². The van der Waals surface area contributed by atoms with Crippen LogP contribution in [0.5, 0.6) is 17.4 Å². The van der Waals surface area contributed by atoms with E-state index >= 15 is 0 Å². The quantitative estimate of drug-likeness (QED) is 0.471. The molecular weight excluding hydrogens is 478 g/mol. The van der Waals surface area contributed by atoms with Crippen molar-refractivity contribution in [3.8, 4) is 17.4 Å². The minimum absolute atomic E-state index is 0.0244. The van der Waals surface area contributed by atoms with Crippen LogP contribution < -0.4 is 14.4 Å². The highest BCUT2D eigenvalue weighted by molar-refractivity contribution is 5.79. The lowest BCUT2D eigenvalue weighted by Gasteiger charge is -2.33. The van der Waals surface area contributed by atoms with Crippen molar-refractivity contribution >= 4 is 11.9 Å². The molecule has 2 aromatic carbocycles. The summed E-state index contributed by atoms with van der Waals surface area (Å²) in [6.45, 7) is 4.73. The minimum atomic E-state index is -0.998. The fraction of sp³-hybridized carbons (Fsp3) is 0.393. The van der Waals surface area contributed by atoms with Gasteiger partial charge in [0.05, 0.1) is 31.3 Å². The van der Waals surface area contributed by atoms with Crippen molar-refractivity contribution in [2.75, 3.05) is 31.6 Å². The monoisotopic (exact) mass is 508 g/mol. The number of fused-ring (bicyclic) bond motifs is 1. The first kappa shape index (κ1) is 24.9. The maximum absolute atomic E-state index is 13.9. The summed E-state index contributed by atoms with van der Waals surface area (Å²) in [5.41, 5.74) is 2.39. The van der Waals surface area contributed by atoms with Crippen molar-refractivity contribution in [3.63, 3.8) is 0 Å². The highest BCUT2D eigenvalue weighted by Gasteiger charge is 2.29. The molecule has 1 saturated heterocycles. The largest absolute Gasteiger partial charge is 0.497 e. The molecule has 0 unspecified atom stereocenters. The van der Waals surface area contributed by atoms with Crippen LogP contribution >= 0.6 is 0 Å². The normalized spacial score (nSPS) is 15.9. The average molecular weight is 509 g/mol. The van der Waals surface area contributed by atoms with Gasteiger partial charge >= 0.3 is 0 Å². The Bertz CT molecular complexity index is 1280. The van der Waals surface area contributed by atoms with E-state index in [1.807, 2.05) is 24.3 Å². The Labute approximate surface area is 215 Å². The lowest BCUT2D eigenvalue weighted by Crippen LogP contribution is -2.39. The number of rotatable bonds is 6. The predicted octanol–water partition coefficient (Wildman–Crippen LogP) is 4.92. The number of hydrogen-bond acceptors (Lipinski definition) is 6. The number of aromatic nitrogens is 2. The van der Waals surface area contributed by atoms with Gasteiger partial charge in [-0.15, -0.1) is 0 Å². The van der Waals surface area contributed by atoms with Crippen molar-refractivity contribution in [3.05, 3.63) is 70.9 Å².